The Morgan fingerprint density at radius 1 is 1.03 bits per heavy atom. The number of nitrogens with zero attached hydrogens (tertiary/aromatic N) is 1. The smallest absolute Gasteiger partial charge is 0.408 e. The van der Waals surface area contributed by atoms with Gasteiger partial charge in [-0.05, 0) is 29.2 Å². The molecule has 1 fully saturated rings. The average molecular weight is 483 g/mol. The quantitative estimate of drug-likeness (QED) is 0.594. The maximum absolute atomic E-state index is 13.3. The first-order chi connectivity index (χ1) is 16.8. The Morgan fingerprint density at radius 2 is 1.63 bits per heavy atom. The summed E-state index contributed by atoms with van der Waals surface area (Å²) in [5, 5.41) is 12.1. The van der Waals surface area contributed by atoms with Crippen molar-refractivity contribution in [2.45, 2.75) is 24.5 Å². The van der Waals surface area contributed by atoms with Crippen LogP contribution in [0.4, 0.5) is 4.79 Å². The number of alkyl carbamates (subject to hydrolysis) is 1. The molecule has 0 spiro atoms. The average Bonchev–Trinajstić information content (AvgIpc) is 3.42. The van der Waals surface area contributed by atoms with Crippen LogP contribution in [0.15, 0.2) is 48.5 Å². The largest absolute Gasteiger partial charge is 0.481 e. The summed E-state index contributed by atoms with van der Waals surface area (Å²) in [5.41, 5.74) is 2.96. The lowest BCUT2D eigenvalue weighted by molar-refractivity contribution is -0.144. The standard InChI is InChI=1S/C26H30N2O7/c1-26(15-33-2,24(31)28-12-20(23(29)30)22(13-28)34-3)27-25(32)35-14-21-18-10-6-4-8-16(18)17-9-5-7-11-19(17)21/h4-11,20-22H,12-15H2,1-3H3,(H,27,32)(H,29,30). The Bertz CT molecular complexity index is 1070. The molecule has 3 atom stereocenters. The summed E-state index contributed by atoms with van der Waals surface area (Å²) in [4.78, 5) is 39.1. The molecule has 2 N–H and O–H groups in total. The molecule has 1 aliphatic heterocycles. The summed E-state index contributed by atoms with van der Waals surface area (Å²) in [6.07, 6.45) is -1.38. The fourth-order valence-electron chi connectivity index (χ4n) is 5.06. The molecule has 186 valence electrons. The van der Waals surface area contributed by atoms with E-state index in [2.05, 4.69) is 17.4 Å². The summed E-state index contributed by atoms with van der Waals surface area (Å²) in [6.45, 7) is 1.63. The molecule has 4 rings (SSSR count). The summed E-state index contributed by atoms with van der Waals surface area (Å²) in [5.74, 6) is -2.45. The molecule has 0 saturated carbocycles. The van der Waals surface area contributed by atoms with Gasteiger partial charge in [0.15, 0.2) is 0 Å². The Kier molecular flexibility index (Phi) is 7.09. The van der Waals surface area contributed by atoms with E-state index in [0.717, 1.165) is 22.3 Å². The van der Waals surface area contributed by atoms with E-state index in [1.54, 1.807) is 0 Å². The SMILES string of the molecule is COCC(C)(NC(=O)OCC1c2ccccc2-c2ccccc21)C(=O)N1CC(OC)C(C(=O)O)C1. The third-order valence-corrected chi connectivity index (χ3v) is 6.80. The van der Waals surface area contributed by atoms with Gasteiger partial charge >= 0.3 is 12.1 Å². The van der Waals surface area contributed by atoms with E-state index in [9.17, 15) is 19.5 Å². The van der Waals surface area contributed by atoms with Gasteiger partial charge in [0, 0.05) is 33.2 Å². The normalized spacial score (nSPS) is 20.6. The second-order valence-electron chi connectivity index (χ2n) is 9.14. The highest BCUT2D eigenvalue weighted by Crippen LogP contribution is 2.44. The Balaban J connectivity index is 1.45. The van der Waals surface area contributed by atoms with E-state index < -0.39 is 35.5 Å². The third-order valence-electron chi connectivity index (χ3n) is 6.80. The van der Waals surface area contributed by atoms with Crippen LogP contribution in [0.5, 0.6) is 0 Å². The van der Waals surface area contributed by atoms with E-state index in [4.69, 9.17) is 14.2 Å². The molecule has 1 heterocycles. The molecule has 1 aliphatic carbocycles. The summed E-state index contributed by atoms with van der Waals surface area (Å²) >= 11 is 0. The van der Waals surface area contributed by atoms with Gasteiger partial charge in [0.2, 0.25) is 0 Å². The lowest BCUT2D eigenvalue weighted by atomic mass is 9.98. The Morgan fingerprint density at radius 3 is 2.14 bits per heavy atom. The van der Waals surface area contributed by atoms with Crippen LogP contribution in [-0.4, -0.2) is 80.1 Å². The number of nitrogens with one attached hydrogen (secondary N) is 1. The number of hydrogen-bond acceptors (Lipinski definition) is 6. The predicted octanol–water partition coefficient (Wildman–Crippen LogP) is 2.49. The number of carboxylic acid groups (broad SMARTS) is 1. The van der Waals surface area contributed by atoms with Gasteiger partial charge < -0.3 is 29.5 Å². The number of fused-ring (bicyclic) bond motifs is 3. The minimum absolute atomic E-state index is 0.0155. The number of carbonyl (C=O) groups is 3. The zero-order chi connectivity index (χ0) is 25.2. The summed E-state index contributed by atoms with van der Waals surface area (Å²) in [6, 6.07) is 16.0. The maximum atomic E-state index is 13.3. The number of ether oxygens (including phenoxy) is 3. The van der Waals surface area contributed by atoms with Crippen molar-refractivity contribution < 1.29 is 33.7 Å². The Labute approximate surface area is 204 Å². The zero-order valence-electron chi connectivity index (χ0n) is 20.0. The van der Waals surface area contributed by atoms with Crippen LogP contribution in [0, 0.1) is 5.92 Å². The molecule has 3 unspecified atom stereocenters. The molecular formula is C26H30N2O7. The van der Waals surface area contributed by atoms with Crippen molar-refractivity contribution in [3.63, 3.8) is 0 Å². The number of carboxylic acids is 1. The second kappa shape index (κ2) is 10.1. The number of benzene rings is 2. The number of methoxy groups -OCH3 is 2. The highest BCUT2D eigenvalue weighted by Gasteiger charge is 2.46. The monoisotopic (exact) mass is 482 g/mol. The number of rotatable bonds is 8. The van der Waals surface area contributed by atoms with Crippen LogP contribution in [0.2, 0.25) is 0 Å². The number of aliphatic carboxylic acids is 1. The van der Waals surface area contributed by atoms with Crippen LogP contribution in [-0.2, 0) is 23.8 Å². The topological polar surface area (TPSA) is 114 Å². The minimum Gasteiger partial charge on any atom is -0.481 e. The van der Waals surface area contributed by atoms with Crippen molar-refractivity contribution in [3.05, 3.63) is 59.7 Å². The van der Waals surface area contributed by atoms with Crippen molar-refractivity contribution in [1.29, 1.82) is 0 Å². The minimum atomic E-state index is -1.44. The molecule has 2 aliphatic rings. The maximum Gasteiger partial charge on any atom is 0.408 e. The van der Waals surface area contributed by atoms with Gasteiger partial charge in [-0.25, -0.2) is 4.79 Å². The number of hydrogen-bond donors (Lipinski definition) is 2. The second-order valence-corrected chi connectivity index (χ2v) is 9.14. The first kappa shape index (κ1) is 24.7. The number of likely N-dealkylation sites (tertiary alicyclic amines) is 1. The van der Waals surface area contributed by atoms with E-state index in [1.807, 2.05) is 36.4 Å². The predicted molar refractivity (Wildman–Crippen MR) is 127 cm³/mol. The first-order valence-electron chi connectivity index (χ1n) is 11.5. The van der Waals surface area contributed by atoms with E-state index >= 15 is 0 Å². The highest BCUT2D eigenvalue weighted by atomic mass is 16.5. The number of amides is 2. The van der Waals surface area contributed by atoms with Crippen molar-refractivity contribution in [2.24, 2.45) is 5.92 Å². The van der Waals surface area contributed by atoms with Crippen LogP contribution in [0.1, 0.15) is 24.0 Å². The molecule has 0 aromatic heterocycles. The van der Waals surface area contributed by atoms with Gasteiger partial charge in [-0.3, -0.25) is 9.59 Å². The van der Waals surface area contributed by atoms with E-state index in [1.165, 1.54) is 26.0 Å². The van der Waals surface area contributed by atoms with Gasteiger partial charge in [0.25, 0.3) is 5.91 Å². The van der Waals surface area contributed by atoms with Crippen molar-refractivity contribution in [1.82, 2.24) is 10.2 Å². The van der Waals surface area contributed by atoms with Gasteiger partial charge in [0.05, 0.1) is 12.7 Å². The molecule has 2 amide bonds. The van der Waals surface area contributed by atoms with Gasteiger partial charge in [0.1, 0.15) is 18.1 Å². The van der Waals surface area contributed by atoms with Crippen molar-refractivity contribution in [2.75, 3.05) is 40.5 Å². The molecule has 9 nitrogen and oxygen atoms in total. The molecule has 9 heteroatoms. The van der Waals surface area contributed by atoms with Gasteiger partial charge in [-0.2, -0.15) is 0 Å². The van der Waals surface area contributed by atoms with Crippen molar-refractivity contribution in [3.8, 4) is 11.1 Å². The van der Waals surface area contributed by atoms with E-state index in [-0.39, 0.29) is 32.2 Å². The molecular weight excluding hydrogens is 452 g/mol. The fourth-order valence-corrected chi connectivity index (χ4v) is 5.06. The van der Waals surface area contributed by atoms with Gasteiger partial charge in [-0.1, -0.05) is 48.5 Å². The molecule has 2 aromatic rings. The van der Waals surface area contributed by atoms with Crippen LogP contribution in [0.3, 0.4) is 0 Å². The lowest BCUT2D eigenvalue weighted by Crippen LogP contribution is -2.60. The van der Waals surface area contributed by atoms with Crippen LogP contribution >= 0.6 is 0 Å². The Hall–Kier alpha value is -3.43. The van der Waals surface area contributed by atoms with Gasteiger partial charge in [-0.15, -0.1) is 0 Å². The molecule has 2 aromatic carbocycles. The lowest BCUT2D eigenvalue weighted by Gasteiger charge is -2.32. The summed E-state index contributed by atoms with van der Waals surface area (Å²) < 4.78 is 16.1. The highest BCUT2D eigenvalue weighted by molar-refractivity contribution is 5.90. The van der Waals surface area contributed by atoms with Crippen LogP contribution < -0.4 is 5.32 Å². The molecule has 35 heavy (non-hydrogen) atoms. The van der Waals surface area contributed by atoms with Crippen LogP contribution in [0.25, 0.3) is 11.1 Å². The first-order valence-corrected chi connectivity index (χ1v) is 11.5. The molecule has 1 saturated heterocycles. The zero-order valence-corrected chi connectivity index (χ0v) is 20.0. The van der Waals surface area contributed by atoms with Crippen molar-refractivity contribution >= 4 is 18.0 Å². The third kappa shape index (κ3) is 4.74. The molecule has 0 bridgehead atoms. The summed E-state index contributed by atoms with van der Waals surface area (Å²) in [7, 11) is 2.84. The van der Waals surface area contributed by atoms with E-state index in [0.29, 0.717) is 0 Å². The fraction of sp³-hybridized carbons (Fsp3) is 0.423. The molecule has 0 radical (unpaired) electrons. The number of carbonyl (C=O) groups excluding carboxylic acids is 2.